The quantitative estimate of drug-likeness (QED) is 0.681. The van der Waals surface area contributed by atoms with Gasteiger partial charge >= 0.3 is 0 Å². The Morgan fingerprint density at radius 3 is 2.88 bits per heavy atom. The molecule has 1 N–H and O–H groups in total. The summed E-state index contributed by atoms with van der Waals surface area (Å²) in [5.74, 6) is 0. The standard InChI is InChI=1S/C12H22N2O2/c1-11(13-2)12-5-4-6-14(12)7-8-16-10-9-15-3/h4-6,11,13H,7-10H2,1-3H3. The minimum Gasteiger partial charge on any atom is -0.382 e. The van der Waals surface area contributed by atoms with Crippen molar-refractivity contribution < 1.29 is 9.47 Å². The Labute approximate surface area is 97.5 Å². The first kappa shape index (κ1) is 13.2. The Kier molecular flexibility index (Phi) is 6.15. The molecule has 1 aromatic heterocycles. The van der Waals surface area contributed by atoms with Gasteiger partial charge in [0.25, 0.3) is 0 Å². The third kappa shape index (κ3) is 3.96. The van der Waals surface area contributed by atoms with Crippen molar-refractivity contribution in [3.63, 3.8) is 0 Å². The highest BCUT2D eigenvalue weighted by Crippen LogP contribution is 2.12. The van der Waals surface area contributed by atoms with Gasteiger partial charge in [0.1, 0.15) is 0 Å². The van der Waals surface area contributed by atoms with Crippen LogP contribution in [0.1, 0.15) is 18.7 Å². The van der Waals surface area contributed by atoms with Crippen molar-refractivity contribution >= 4 is 0 Å². The molecule has 0 radical (unpaired) electrons. The first-order valence-electron chi connectivity index (χ1n) is 5.68. The van der Waals surface area contributed by atoms with E-state index in [4.69, 9.17) is 9.47 Å². The first-order valence-corrected chi connectivity index (χ1v) is 5.68. The SMILES string of the molecule is CNC(C)c1cccn1CCOCCOC. The summed E-state index contributed by atoms with van der Waals surface area (Å²) in [6.45, 7) is 5.08. The van der Waals surface area contributed by atoms with E-state index in [1.165, 1.54) is 5.69 Å². The third-order valence-electron chi connectivity index (χ3n) is 2.65. The fraction of sp³-hybridized carbons (Fsp3) is 0.667. The zero-order chi connectivity index (χ0) is 11.8. The molecule has 0 amide bonds. The van der Waals surface area contributed by atoms with E-state index >= 15 is 0 Å². The average molecular weight is 226 g/mol. The summed E-state index contributed by atoms with van der Waals surface area (Å²) in [7, 11) is 3.65. The van der Waals surface area contributed by atoms with Gasteiger partial charge in [-0.05, 0) is 26.1 Å². The molecule has 0 spiro atoms. The Bertz CT molecular complexity index is 286. The van der Waals surface area contributed by atoms with Crippen LogP contribution in [0.25, 0.3) is 0 Å². The Balaban J connectivity index is 2.33. The number of ether oxygens (including phenoxy) is 2. The Morgan fingerprint density at radius 2 is 2.19 bits per heavy atom. The molecule has 0 aromatic carbocycles. The van der Waals surface area contributed by atoms with E-state index in [0.29, 0.717) is 19.3 Å². The van der Waals surface area contributed by atoms with Gasteiger partial charge in [0, 0.05) is 31.6 Å². The van der Waals surface area contributed by atoms with E-state index in [0.717, 1.165) is 13.2 Å². The van der Waals surface area contributed by atoms with Crippen molar-refractivity contribution in [2.75, 3.05) is 34.0 Å². The van der Waals surface area contributed by atoms with Crippen LogP contribution in [0.4, 0.5) is 0 Å². The molecule has 0 aliphatic rings. The van der Waals surface area contributed by atoms with Crippen LogP contribution >= 0.6 is 0 Å². The minimum absolute atomic E-state index is 0.369. The lowest BCUT2D eigenvalue weighted by Crippen LogP contribution is -2.18. The second kappa shape index (κ2) is 7.44. The normalized spacial score (nSPS) is 12.9. The molecule has 4 heteroatoms. The number of hydrogen-bond acceptors (Lipinski definition) is 3. The highest BCUT2D eigenvalue weighted by molar-refractivity contribution is 5.11. The van der Waals surface area contributed by atoms with Crippen LogP contribution in [0.15, 0.2) is 18.3 Å². The molecule has 1 atom stereocenters. The molecular formula is C12H22N2O2. The molecular weight excluding hydrogens is 204 g/mol. The topological polar surface area (TPSA) is 35.4 Å². The maximum Gasteiger partial charge on any atom is 0.0701 e. The maximum absolute atomic E-state index is 5.45. The van der Waals surface area contributed by atoms with Crippen LogP contribution in [-0.4, -0.2) is 38.5 Å². The fourth-order valence-electron chi connectivity index (χ4n) is 1.58. The summed E-state index contributed by atoms with van der Waals surface area (Å²) in [6.07, 6.45) is 2.09. The lowest BCUT2D eigenvalue weighted by Gasteiger charge is -2.14. The van der Waals surface area contributed by atoms with Gasteiger partial charge in [-0.2, -0.15) is 0 Å². The summed E-state index contributed by atoms with van der Waals surface area (Å²) >= 11 is 0. The highest BCUT2D eigenvalue weighted by Gasteiger charge is 2.06. The lowest BCUT2D eigenvalue weighted by molar-refractivity contribution is 0.0663. The molecule has 1 rings (SSSR count). The van der Waals surface area contributed by atoms with E-state index in [1.54, 1.807) is 7.11 Å². The summed E-state index contributed by atoms with van der Waals surface area (Å²) in [5, 5.41) is 3.24. The van der Waals surface area contributed by atoms with E-state index in [2.05, 4.69) is 35.1 Å². The zero-order valence-corrected chi connectivity index (χ0v) is 10.4. The number of nitrogens with one attached hydrogen (secondary N) is 1. The summed E-state index contributed by atoms with van der Waals surface area (Å²) < 4.78 is 12.6. The van der Waals surface area contributed by atoms with Gasteiger partial charge in [0.05, 0.1) is 19.8 Å². The predicted octanol–water partition coefficient (Wildman–Crippen LogP) is 1.43. The molecule has 1 aromatic rings. The molecule has 1 unspecified atom stereocenters. The highest BCUT2D eigenvalue weighted by atomic mass is 16.5. The van der Waals surface area contributed by atoms with Crippen LogP contribution in [0.2, 0.25) is 0 Å². The number of aromatic nitrogens is 1. The molecule has 0 saturated carbocycles. The second-order valence-electron chi connectivity index (χ2n) is 3.74. The third-order valence-corrected chi connectivity index (χ3v) is 2.65. The summed E-state index contributed by atoms with van der Waals surface area (Å²) in [4.78, 5) is 0. The first-order chi connectivity index (χ1) is 7.79. The molecule has 0 bridgehead atoms. The van der Waals surface area contributed by atoms with Crippen LogP contribution in [-0.2, 0) is 16.0 Å². The predicted molar refractivity (Wildman–Crippen MR) is 64.6 cm³/mol. The van der Waals surface area contributed by atoms with Gasteiger partial charge in [-0.3, -0.25) is 0 Å². The maximum atomic E-state index is 5.45. The Morgan fingerprint density at radius 1 is 1.38 bits per heavy atom. The van der Waals surface area contributed by atoms with Gasteiger partial charge < -0.3 is 19.4 Å². The number of rotatable bonds is 8. The Hall–Kier alpha value is -0.840. The smallest absolute Gasteiger partial charge is 0.0701 e. The molecule has 4 nitrogen and oxygen atoms in total. The fourth-order valence-corrected chi connectivity index (χ4v) is 1.58. The molecule has 0 fully saturated rings. The number of nitrogens with zero attached hydrogens (tertiary/aromatic N) is 1. The zero-order valence-electron chi connectivity index (χ0n) is 10.4. The van der Waals surface area contributed by atoms with Gasteiger partial charge in [0.15, 0.2) is 0 Å². The molecule has 0 aliphatic carbocycles. The summed E-state index contributed by atoms with van der Waals surface area (Å²) in [6, 6.07) is 4.57. The van der Waals surface area contributed by atoms with Crippen molar-refractivity contribution in [2.45, 2.75) is 19.5 Å². The lowest BCUT2D eigenvalue weighted by atomic mass is 10.2. The van der Waals surface area contributed by atoms with Crippen molar-refractivity contribution in [3.05, 3.63) is 24.0 Å². The number of hydrogen-bond donors (Lipinski definition) is 1. The molecule has 0 aliphatic heterocycles. The van der Waals surface area contributed by atoms with Crippen LogP contribution in [0.5, 0.6) is 0 Å². The average Bonchev–Trinajstić information content (AvgIpc) is 2.76. The van der Waals surface area contributed by atoms with Gasteiger partial charge in [-0.25, -0.2) is 0 Å². The van der Waals surface area contributed by atoms with Crippen LogP contribution in [0, 0.1) is 0 Å². The monoisotopic (exact) mass is 226 g/mol. The van der Waals surface area contributed by atoms with Crippen molar-refractivity contribution in [1.29, 1.82) is 0 Å². The van der Waals surface area contributed by atoms with E-state index in [-0.39, 0.29) is 0 Å². The second-order valence-corrected chi connectivity index (χ2v) is 3.74. The van der Waals surface area contributed by atoms with Crippen LogP contribution in [0.3, 0.4) is 0 Å². The molecule has 92 valence electrons. The van der Waals surface area contributed by atoms with E-state index in [9.17, 15) is 0 Å². The minimum atomic E-state index is 0.369. The van der Waals surface area contributed by atoms with Gasteiger partial charge in [-0.15, -0.1) is 0 Å². The van der Waals surface area contributed by atoms with Gasteiger partial charge in [-0.1, -0.05) is 0 Å². The largest absolute Gasteiger partial charge is 0.382 e. The van der Waals surface area contributed by atoms with Crippen molar-refractivity contribution in [3.8, 4) is 0 Å². The van der Waals surface area contributed by atoms with Crippen molar-refractivity contribution in [1.82, 2.24) is 9.88 Å². The van der Waals surface area contributed by atoms with Crippen molar-refractivity contribution in [2.24, 2.45) is 0 Å². The number of methoxy groups -OCH3 is 1. The molecule has 16 heavy (non-hydrogen) atoms. The van der Waals surface area contributed by atoms with Gasteiger partial charge in [0.2, 0.25) is 0 Å². The van der Waals surface area contributed by atoms with E-state index in [1.807, 2.05) is 7.05 Å². The van der Waals surface area contributed by atoms with Crippen LogP contribution < -0.4 is 5.32 Å². The van der Waals surface area contributed by atoms with E-state index < -0.39 is 0 Å². The summed E-state index contributed by atoms with van der Waals surface area (Å²) in [5.41, 5.74) is 1.29. The molecule has 1 heterocycles. The molecule has 0 saturated heterocycles.